The minimum Gasteiger partial charge on any atom is -0.489 e. The first-order valence-electron chi connectivity index (χ1n) is 4.11. The van der Waals surface area contributed by atoms with Crippen LogP contribution >= 0.6 is 0 Å². The normalized spacial score (nSPS) is 10.7. The molecule has 0 aliphatic heterocycles. The van der Waals surface area contributed by atoms with Crippen LogP contribution in [0.4, 0.5) is 0 Å². The Morgan fingerprint density at radius 1 is 1.67 bits per heavy atom. The Kier molecular flexibility index (Phi) is 3.10. The van der Waals surface area contributed by atoms with E-state index in [0.29, 0.717) is 19.2 Å². The van der Waals surface area contributed by atoms with Crippen LogP contribution in [0.5, 0.6) is 5.75 Å². The molecular weight excluding hydrogens is 154 g/mol. The summed E-state index contributed by atoms with van der Waals surface area (Å²) in [6.07, 6.45) is 3.58. The highest BCUT2D eigenvalue weighted by atomic mass is 16.5. The van der Waals surface area contributed by atoms with E-state index in [2.05, 4.69) is 18.9 Å². The zero-order valence-electron chi connectivity index (χ0n) is 7.53. The Hall–Kier alpha value is -1.03. The lowest BCUT2D eigenvalue weighted by Gasteiger charge is -2.03. The number of ether oxygens (including phenoxy) is 1. The highest BCUT2D eigenvalue weighted by molar-refractivity contribution is 5.11. The number of aromatic nitrogens is 2. The summed E-state index contributed by atoms with van der Waals surface area (Å²) in [5.74, 6) is 0.786. The van der Waals surface area contributed by atoms with Gasteiger partial charge >= 0.3 is 0 Å². The fraction of sp³-hybridized carbons (Fsp3) is 0.625. The molecule has 0 aromatic carbocycles. The molecule has 0 atom stereocenters. The third-order valence-corrected chi connectivity index (χ3v) is 1.49. The van der Waals surface area contributed by atoms with Crippen LogP contribution in [0.1, 0.15) is 19.9 Å². The highest BCUT2D eigenvalue weighted by Gasteiger charge is 2.00. The van der Waals surface area contributed by atoms with Gasteiger partial charge in [-0.3, -0.25) is 4.68 Å². The van der Waals surface area contributed by atoms with E-state index in [1.807, 2.05) is 10.9 Å². The van der Waals surface area contributed by atoms with Crippen LogP contribution in [0, 0.1) is 0 Å². The van der Waals surface area contributed by atoms with Crippen LogP contribution in [-0.2, 0) is 0 Å². The Bertz CT molecular complexity index is 232. The minimum absolute atomic E-state index is 0.375. The van der Waals surface area contributed by atoms with Crippen LogP contribution in [0.25, 0.3) is 0 Å². The van der Waals surface area contributed by atoms with E-state index in [1.54, 1.807) is 6.20 Å². The summed E-state index contributed by atoms with van der Waals surface area (Å²) in [5, 5.41) is 4.12. The van der Waals surface area contributed by atoms with Gasteiger partial charge in [0.2, 0.25) is 0 Å². The fourth-order valence-electron chi connectivity index (χ4n) is 0.854. The molecule has 0 spiro atoms. The average molecular weight is 169 g/mol. The number of rotatable bonds is 4. The number of hydrogen-bond acceptors (Lipinski definition) is 3. The molecule has 0 saturated carbocycles. The largest absolute Gasteiger partial charge is 0.489 e. The second kappa shape index (κ2) is 4.11. The van der Waals surface area contributed by atoms with Gasteiger partial charge in [0.1, 0.15) is 6.61 Å². The average Bonchev–Trinajstić information content (AvgIpc) is 2.48. The Labute approximate surface area is 72.3 Å². The second-order valence-corrected chi connectivity index (χ2v) is 2.89. The highest BCUT2D eigenvalue weighted by Crippen LogP contribution is 2.11. The van der Waals surface area contributed by atoms with Crippen molar-refractivity contribution >= 4 is 0 Å². The van der Waals surface area contributed by atoms with Crippen molar-refractivity contribution in [2.24, 2.45) is 5.73 Å². The molecule has 0 aliphatic rings. The Balaban J connectivity index is 2.52. The molecule has 0 fully saturated rings. The van der Waals surface area contributed by atoms with Crippen molar-refractivity contribution in [3.63, 3.8) is 0 Å². The molecule has 1 rings (SSSR count). The third kappa shape index (κ3) is 2.23. The van der Waals surface area contributed by atoms with Crippen LogP contribution in [0.3, 0.4) is 0 Å². The van der Waals surface area contributed by atoms with Crippen molar-refractivity contribution in [3.05, 3.63) is 12.4 Å². The number of nitrogens with zero attached hydrogens (tertiary/aromatic N) is 2. The van der Waals surface area contributed by atoms with Crippen LogP contribution < -0.4 is 10.5 Å². The summed E-state index contributed by atoms with van der Waals surface area (Å²) in [4.78, 5) is 0. The summed E-state index contributed by atoms with van der Waals surface area (Å²) in [6, 6.07) is 0.375. The number of nitrogens with two attached hydrogens (primary N) is 1. The third-order valence-electron chi connectivity index (χ3n) is 1.49. The van der Waals surface area contributed by atoms with Gasteiger partial charge in [-0.15, -0.1) is 0 Å². The molecule has 0 radical (unpaired) electrons. The van der Waals surface area contributed by atoms with Gasteiger partial charge in [0, 0.05) is 12.6 Å². The van der Waals surface area contributed by atoms with Crippen molar-refractivity contribution < 1.29 is 4.74 Å². The quantitative estimate of drug-likeness (QED) is 0.725. The smallest absolute Gasteiger partial charge is 0.157 e. The molecule has 1 aromatic rings. The number of hydrogen-bond donors (Lipinski definition) is 1. The van der Waals surface area contributed by atoms with E-state index >= 15 is 0 Å². The summed E-state index contributed by atoms with van der Waals surface area (Å²) >= 11 is 0. The van der Waals surface area contributed by atoms with Gasteiger partial charge in [0.15, 0.2) is 5.75 Å². The van der Waals surface area contributed by atoms with E-state index in [1.165, 1.54) is 0 Å². The maximum atomic E-state index is 5.29. The lowest BCUT2D eigenvalue weighted by Crippen LogP contribution is -2.10. The molecule has 0 unspecified atom stereocenters. The summed E-state index contributed by atoms with van der Waals surface area (Å²) < 4.78 is 7.13. The van der Waals surface area contributed by atoms with Gasteiger partial charge < -0.3 is 10.5 Å². The molecule has 12 heavy (non-hydrogen) atoms. The Morgan fingerprint density at radius 3 is 2.92 bits per heavy atom. The maximum absolute atomic E-state index is 5.29. The van der Waals surface area contributed by atoms with E-state index in [0.717, 1.165) is 5.75 Å². The molecule has 0 amide bonds. The van der Waals surface area contributed by atoms with Crippen LogP contribution in [-0.4, -0.2) is 22.9 Å². The Morgan fingerprint density at radius 2 is 2.42 bits per heavy atom. The van der Waals surface area contributed by atoms with Gasteiger partial charge in [-0.05, 0) is 13.8 Å². The van der Waals surface area contributed by atoms with E-state index in [-0.39, 0.29) is 0 Å². The fourth-order valence-corrected chi connectivity index (χ4v) is 0.854. The van der Waals surface area contributed by atoms with Crippen LogP contribution in [0.15, 0.2) is 12.4 Å². The molecule has 4 nitrogen and oxygen atoms in total. The van der Waals surface area contributed by atoms with Gasteiger partial charge in [-0.2, -0.15) is 5.10 Å². The molecular formula is C8H15N3O. The summed E-state index contributed by atoms with van der Waals surface area (Å²) in [5.41, 5.74) is 5.29. The first-order valence-corrected chi connectivity index (χ1v) is 4.11. The van der Waals surface area contributed by atoms with Crippen molar-refractivity contribution in [1.29, 1.82) is 0 Å². The standard InChI is InChI=1S/C8H15N3O/c1-7(2)11-6-8(5-10-11)12-4-3-9/h5-7H,3-4,9H2,1-2H3. The molecule has 2 N–H and O–H groups in total. The van der Waals surface area contributed by atoms with E-state index in [9.17, 15) is 0 Å². The van der Waals surface area contributed by atoms with E-state index in [4.69, 9.17) is 10.5 Å². The minimum atomic E-state index is 0.375. The lowest BCUT2D eigenvalue weighted by molar-refractivity contribution is 0.327. The van der Waals surface area contributed by atoms with Crippen LogP contribution in [0.2, 0.25) is 0 Å². The second-order valence-electron chi connectivity index (χ2n) is 2.89. The van der Waals surface area contributed by atoms with Crippen molar-refractivity contribution in [2.45, 2.75) is 19.9 Å². The molecule has 4 heteroatoms. The maximum Gasteiger partial charge on any atom is 0.157 e. The summed E-state index contributed by atoms with van der Waals surface area (Å²) in [7, 11) is 0. The van der Waals surface area contributed by atoms with Gasteiger partial charge in [0.05, 0.1) is 12.4 Å². The van der Waals surface area contributed by atoms with Crippen molar-refractivity contribution in [3.8, 4) is 5.75 Å². The zero-order valence-corrected chi connectivity index (χ0v) is 7.53. The predicted molar refractivity (Wildman–Crippen MR) is 47.2 cm³/mol. The predicted octanol–water partition coefficient (Wildman–Crippen LogP) is 0.802. The monoisotopic (exact) mass is 169 g/mol. The molecule has 68 valence electrons. The SMILES string of the molecule is CC(C)n1cc(OCCN)cn1. The molecule has 0 bridgehead atoms. The van der Waals surface area contributed by atoms with Gasteiger partial charge in [-0.1, -0.05) is 0 Å². The molecule has 1 heterocycles. The van der Waals surface area contributed by atoms with Gasteiger partial charge in [0.25, 0.3) is 0 Å². The van der Waals surface area contributed by atoms with Crippen molar-refractivity contribution in [1.82, 2.24) is 9.78 Å². The molecule has 1 aromatic heterocycles. The molecule has 0 saturated heterocycles. The molecule has 0 aliphatic carbocycles. The van der Waals surface area contributed by atoms with Gasteiger partial charge in [-0.25, -0.2) is 0 Å². The summed E-state index contributed by atoms with van der Waals surface area (Å²) in [6.45, 7) is 5.22. The lowest BCUT2D eigenvalue weighted by atomic mass is 10.4. The van der Waals surface area contributed by atoms with E-state index < -0.39 is 0 Å². The zero-order chi connectivity index (χ0) is 8.97. The van der Waals surface area contributed by atoms with Crippen molar-refractivity contribution in [2.75, 3.05) is 13.2 Å². The topological polar surface area (TPSA) is 53.1 Å². The first kappa shape index (κ1) is 9.06. The first-order chi connectivity index (χ1) is 5.74.